The fourth-order valence-corrected chi connectivity index (χ4v) is 1.52. The van der Waals surface area contributed by atoms with E-state index in [9.17, 15) is 19.2 Å². The molecule has 0 bridgehead atoms. The molecule has 1 amide bonds. The Labute approximate surface area is 108 Å². The third-order valence-corrected chi connectivity index (χ3v) is 2.63. The van der Waals surface area contributed by atoms with Crippen LogP contribution < -0.4 is 11.2 Å². The molecule has 0 radical (unpaired) electrons. The fourth-order valence-electron chi connectivity index (χ4n) is 1.52. The van der Waals surface area contributed by atoms with Crippen LogP contribution in [0.25, 0.3) is 0 Å². The molecule has 0 aromatic carbocycles. The molecular weight excluding hydrogens is 254 g/mol. The minimum absolute atomic E-state index is 0.228. The summed E-state index contributed by atoms with van der Waals surface area (Å²) in [5.74, 6) is -1.62. The number of aromatic nitrogens is 2. The van der Waals surface area contributed by atoms with Crippen LogP contribution in [0.1, 0.15) is 6.92 Å². The highest BCUT2D eigenvalue weighted by Gasteiger charge is 2.16. The van der Waals surface area contributed by atoms with Gasteiger partial charge in [0.2, 0.25) is 5.91 Å². The van der Waals surface area contributed by atoms with E-state index in [0.29, 0.717) is 0 Å². The fraction of sp³-hybridized carbons (Fsp3) is 0.455. The minimum Gasteiger partial charge on any atom is -0.480 e. The first-order valence-corrected chi connectivity index (χ1v) is 5.62. The first-order chi connectivity index (χ1) is 8.86. The Kier molecular flexibility index (Phi) is 4.62. The lowest BCUT2D eigenvalue weighted by molar-refractivity contribution is -0.144. The second-order valence-corrected chi connectivity index (χ2v) is 3.93. The predicted octanol–water partition coefficient (Wildman–Crippen LogP) is -1.52. The number of likely N-dealkylation sites (N-methyl/N-ethyl adjacent to an activating group) is 1. The lowest BCUT2D eigenvalue weighted by atomic mass is 10.4. The summed E-state index contributed by atoms with van der Waals surface area (Å²) in [4.78, 5) is 46.4. The highest BCUT2D eigenvalue weighted by atomic mass is 16.4. The van der Waals surface area contributed by atoms with Crippen LogP contribution in [0.15, 0.2) is 21.9 Å². The highest BCUT2D eigenvalue weighted by molar-refractivity contribution is 5.81. The van der Waals surface area contributed by atoms with Crippen molar-refractivity contribution in [3.05, 3.63) is 33.1 Å². The molecule has 1 heterocycles. The molecule has 0 saturated carbocycles. The monoisotopic (exact) mass is 269 g/mol. The molecule has 104 valence electrons. The van der Waals surface area contributed by atoms with Gasteiger partial charge in [0.15, 0.2) is 0 Å². The van der Waals surface area contributed by atoms with Gasteiger partial charge in [-0.1, -0.05) is 0 Å². The van der Waals surface area contributed by atoms with Gasteiger partial charge in [-0.15, -0.1) is 0 Å². The molecule has 8 nitrogen and oxygen atoms in total. The van der Waals surface area contributed by atoms with E-state index < -0.39 is 29.7 Å². The average molecular weight is 269 g/mol. The van der Waals surface area contributed by atoms with Gasteiger partial charge in [-0.05, 0) is 6.92 Å². The number of carbonyl (C=O) groups is 2. The largest absolute Gasteiger partial charge is 0.480 e. The summed E-state index contributed by atoms with van der Waals surface area (Å²) < 4.78 is 1.94. The molecule has 0 saturated heterocycles. The maximum atomic E-state index is 11.8. The SMILES string of the molecule is CCN(CC(=O)O)C(=O)Cn1ccc(=O)n(C)c1=O. The number of nitrogens with zero attached hydrogens (tertiary/aromatic N) is 3. The van der Waals surface area contributed by atoms with Crippen molar-refractivity contribution in [3.8, 4) is 0 Å². The number of hydrogen-bond donors (Lipinski definition) is 1. The van der Waals surface area contributed by atoms with Crippen LogP contribution in [0.5, 0.6) is 0 Å². The maximum Gasteiger partial charge on any atom is 0.331 e. The molecule has 1 aromatic rings. The Bertz CT molecular complexity index is 601. The topological polar surface area (TPSA) is 102 Å². The van der Waals surface area contributed by atoms with Crippen LogP contribution in [0.4, 0.5) is 0 Å². The molecular formula is C11H15N3O5. The zero-order chi connectivity index (χ0) is 14.6. The Balaban J connectivity index is 2.93. The molecule has 8 heteroatoms. The molecule has 0 aliphatic carbocycles. The Morgan fingerprint density at radius 1 is 1.37 bits per heavy atom. The van der Waals surface area contributed by atoms with E-state index >= 15 is 0 Å². The zero-order valence-electron chi connectivity index (χ0n) is 10.7. The Hall–Kier alpha value is -2.38. The quantitative estimate of drug-likeness (QED) is 0.699. The summed E-state index contributed by atoms with van der Waals surface area (Å²) in [7, 11) is 1.31. The summed E-state index contributed by atoms with van der Waals surface area (Å²) >= 11 is 0. The van der Waals surface area contributed by atoms with Gasteiger partial charge in [0.05, 0.1) is 0 Å². The molecule has 0 atom stereocenters. The summed E-state index contributed by atoms with van der Waals surface area (Å²) in [6.45, 7) is 1.15. The van der Waals surface area contributed by atoms with Gasteiger partial charge in [-0.3, -0.25) is 23.5 Å². The van der Waals surface area contributed by atoms with Crippen LogP contribution in [0.2, 0.25) is 0 Å². The molecule has 0 spiro atoms. The number of aliphatic carboxylic acids is 1. The van der Waals surface area contributed by atoms with Gasteiger partial charge < -0.3 is 10.0 Å². The Morgan fingerprint density at radius 3 is 2.53 bits per heavy atom. The Morgan fingerprint density at radius 2 is 2.00 bits per heavy atom. The van der Waals surface area contributed by atoms with Crippen molar-refractivity contribution in [2.75, 3.05) is 13.1 Å². The highest BCUT2D eigenvalue weighted by Crippen LogP contribution is 1.92. The van der Waals surface area contributed by atoms with Crippen molar-refractivity contribution in [1.82, 2.24) is 14.0 Å². The third-order valence-electron chi connectivity index (χ3n) is 2.63. The maximum absolute atomic E-state index is 11.8. The van der Waals surface area contributed by atoms with E-state index in [1.165, 1.54) is 19.3 Å². The van der Waals surface area contributed by atoms with Crippen LogP contribution in [-0.4, -0.2) is 44.1 Å². The summed E-state index contributed by atoms with van der Waals surface area (Å²) in [6, 6.07) is 1.17. The average Bonchev–Trinajstić information content (AvgIpc) is 2.36. The molecule has 1 rings (SSSR count). The predicted molar refractivity (Wildman–Crippen MR) is 65.8 cm³/mol. The normalized spacial score (nSPS) is 10.2. The van der Waals surface area contributed by atoms with Crippen molar-refractivity contribution in [2.24, 2.45) is 7.05 Å². The van der Waals surface area contributed by atoms with Gasteiger partial charge in [0.25, 0.3) is 5.56 Å². The number of rotatable bonds is 5. The van der Waals surface area contributed by atoms with E-state index in [-0.39, 0.29) is 13.1 Å². The molecule has 19 heavy (non-hydrogen) atoms. The smallest absolute Gasteiger partial charge is 0.331 e. The van der Waals surface area contributed by atoms with Gasteiger partial charge in [-0.25, -0.2) is 4.79 Å². The zero-order valence-corrected chi connectivity index (χ0v) is 10.7. The molecule has 0 aliphatic heterocycles. The first kappa shape index (κ1) is 14.7. The van der Waals surface area contributed by atoms with Gasteiger partial charge in [-0.2, -0.15) is 0 Å². The van der Waals surface area contributed by atoms with Crippen LogP contribution in [0, 0.1) is 0 Å². The molecule has 0 aliphatic rings. The number of amides is 1. The molecule has 1 aromatic heterocycles. The van der Waals surface area contributed by atoms with E-state index in [1.54, 1.807) is 6.92 Å². The second kappa shape index (κ2) is 5.98. The van der Waals surface area contributed by atoms with E-state index in [4.69, 9.17) is 5.11 Å². The number of carbonyl (C=O) groups excluding carboxylic acids is 1. The van der Waals surface area contributed by atoms with Crippen molar-refractivity contribution >= 4 is 11.9 Å². The lowest BCUT2D eigenvalue weighted by Gasteiger charge is -2.19. The molecule has 1 N–H and O–H groups in total. The summed E-state index contributed by atoms with van der Waals surface area (Å²) in [6.07, 6.45) is 1.22. The van der Waals surface area contributed by atoms with Crippen LogP contribution in [-0.2, 0) is 23.2 Å². The molecule has 0 fully saturated rings. The number of hydrogen-bond acceptors (Lipinski definition) is 4. The van der Waals surface area contributed by atoms with Crippen LogP contribution >= 0.6 is 0 Å². The third kappa shape index (κ3) is 3.54. The standard InChI is InChI=1S/C11H15N3O5/c1-3-13(7-10(17)18)9(16)6-14-5-4-8(15)12(2)11(14)19/h4-5H,3,6-7H2,1-2H3,(H,17,18). The first-order valence-electron chi connectivity index (χ1n) is 5.62. The molecule has 0 unspecified atom stereocenters. The van der Waals surface area contributed by atoms with Crippen LogP contribution in [0.3, 0.4) is 0 Å². The number of carboxylic acids is 1. The van der Waals surface area contributed by atoms with E-state index in [1.807, 2.05) is 0 Å². The van der Waals surface area contributed by atoms with Gasteiger partial charge in [0.1, 0.15) is 13.1 Å². The van der Waals surface area contributed by atoms with E-state index in [0.717, 1.165) is 14.0 Å². The van der Waals surface area contributed by atoms with Gasteiger partial charge >= 0.3 is 11.7 Å². The lowest BCUT2D eigenvalue weighted by Crippen LogP contribution is -2.42. The van der Waals surface area contributed by atoms with Crippen molar-refractivity contribution in [3.63, 3.8) is 0 Å². The van der Waals surface area contributed by atoms with Gasteiger partial charge in [0, 0.05) is 25.9 Å². The summed E-state index contributed by atoms with van der Waals surface area (Å²) in [5, 5.41) is 8.66. The number of carboxylic acid groups (broad SMARTS) is 1. The summed E-state index contributed by atoms with van der Waals surface area (Å²) in [5.41, 5.74) is -1.08. The minimum atomic E-state index is -1.12. The van der Waals surface area contributed by atoms with Crippen molar-refractivity contribution in [1.29, 1.82) is 0 Å². The van der Waals surface area contributed by atoms with Crippen molar-refractivity contribution < 1.29 is 14.7 Å². The van der Waals surface area contributed by atoms with Crippen molar-refractivity contribution in [2.45, 2.75) is 13.5 Å². The van der Waals surface area contributed by atoms with E-state index in [2.05, 4.69) is 0 Å². The second-order valence-electron chi connectivity index (χ2n) is 3.93.